The van der Waals surface area contributed by atoms with Crippen molar-refractivity contribution in [3.63, 3.8) is 0 Å². The number of benzene rings is 1. The van der Waals surface area contributed by atoms with E-state index in [1.807, 2.05) is 0 Å². The van der Waals surface area contributed by atoms with Crippen molar-refractivity contribution in [2.75, 3.05) is 18.4 Å². The van der Waals surface area contributed by atoms with E-state index in [0.717, 1.165) is 6.54 Å². The van der Waals surface area contributed by atoms with Crippen LogP contribution in [0.25, 0.3) is 0 Å². The first-order valence-corrected chi connectivity index (χ1v) is 5.74. The molecule has 2 rings (SSSR count). The fourth-order valence-electron chi connectivity index (χ4n) is 1.68. The predicted octanol–water partition coefficient (Wildman–Crippen LogP) is 1.09. The highest BCUT2D eigenvalue weighted by atomic mass is 19.1. The Hall–Kier alpha value is -1.62. The number of primary amides is 1. The van der Waals surface area contributed by atoms with Crippen LogP contribution in [-0.4, -0.2) is 25.0 Å². The molecule has 1 aromatic carbocycles. The maximum atomic E-state index is 13.4. The lowest BCUT2D eigenvalue weighted by Crippen LogP contribution is -2.25. The third kappa shape index (κ3) is 3.17. The first-order chi connectivity index (χ1) is 8.18. The molecule has 4 N–H and O–H groups in total. The zero-order valence-corrected chi connectivity index (χ0v) is 9.50. The van der Waals surface area contributed by atoms with Crippen LogP contribution in [0.5, 0.6) is 0 Å². The van der Waals surface area contributed by atoms with Crippen molar-refractivity contribution in [3.8, 4) is 0 Å². The highest BCUT2D eigenvalue weighted by molar-refractivity contribution is 5.98. The van der Waals surface area contributed by atoms with Crippen molar-refractivity contribution in [1.29, 1.82) is 0 Å². The summed E-state index contributed by atoms with van der Waals surface area (Å²) in [4.78, 5) is 11.1. The van der Waals surface area contributed by atoms with E-state index in [1.54, 1.807) is 12.1 Å². The van der Waals surface area contributed by atoms with Crippen molar-refractivity contribution in [2.45, 2.75) is 18.9 Å². The number of anilines is 1. The molecular formula is C12H16FN3O. The third-order valence-corrected chi connectivity index (χ3v) is 2.71. The van der Waals surface area contributed by atoms with Gasteiger partial charge in [-0.25, -0.2) is 4.39 Å². The number of nitrogens with one attached hydrogen (secondary N) is 2. The van der Waals surface area contributed by atoms with Gasteiger partial charge in [0.25, 0.3) is 5.91 Å². The van der Waals surface area contributed by atoms with E-state index in [-0.39, 0.29) is 5.56 Å². The van der Waals surface area contributed by atoms with Gasteiger partial charge in [-0.05, 0) is 25.0 Å². The molecule has 0 radical (unpaired) electrons. The number of hydrogen-bond acceptors (Lipinski definition) is 3. The quantitative estimate of drug-likeness (QED) is 0.649. The molecule has 92 valence electrons. The summed E-state index contributed by atoms with van der Waals surface area (Å²) in [5.41, 5.74) is 5.53. The Labute approximate surface area is 99.4 Å². The first-order valence-electron chi connectivity index (χ1n) is 5.74. The van der Waals surface area contributed by atoms with E-state index in [2.05, 4.69) is 10.6 Å². The van der Waals surface area contributed by atoms with E-state index in [4.69, 9.17) is 5.73 Å². The zero-order valence-electron chi connectivity index (χ0n) is 9.50. The number of rotatable bonds is 6. The zero-order chi connectivity index (χ0) is 12.3. The number of nitrogens with two attached hydrogens (primary N) is 1. The fourth-order valence-corrected chi connectivity index (χ4v) is 1.68. The summed E-state index contributed by atoms with van der Waals surface area (Å²) in [5, 5.41) is 6.33. The van der Waals surface area contributed by atoms with Crippen LogP contribution in [0.15, 0.2) is 18.2 Å². The molecule has 0 atom stereocenters. The van der Waals surface area contributed by atoms with Crippen LogP contribution in [-0.2, 0) is 0 Å². The Morgan fingerprint density at radius 2 is 2.18 bits per heavy atom. The van der Waals surface area contributed by atoms with Crippen LogP contribution < -0.4 is 16.4 Å². The topological polar surface area (TPSA) is 67.2 Å². The van der Waals surface area contributed by atoms with Crippen LogP contribution in [0.4, 0.5) is 10.1 Å². The Morgan fingerprint density at radius 1 is 1.41 bits per heavy atom. The lowest BCUT2D eigenvalue weighted by molar-refractivity contribution is 0.0997. The number of halogens is 1. The van der Waals surface area contributed by atoms with Crippen LogP contribution in [0.1, 0.15) is 23.2 Å². The smallest absolute Gasteiger partial charge is 0.253 e. The maximum absolute atomic E-state index is 13.4. The van der Waals surface area contributed by atoms with Gasteiger partial charge in [-0.2, -0.15) is 0 Å². The average Bonchev–Trinajstić information content (AvgIpc) is 3.07. The summed E-state index contributed by atoms with van der Waals surface area (Å²) in [6.45, 7) is 1.43. The van der Waals surface area contributed by atoms with Crippen molar-refractivity contribution < 1.29 is 9.18 Å². The van der Waals surface area contributed by atoms with Gasteiger partial charge in [0.15, 0.2) is 0 Å². The number of amides is 1. The number of hydrogen-bond donors (Lipinski definition) is 3. The van der Waals surface area contributed by atoms with E-state index >= 15 is 0 Å². The molecule has 1 saturated carbocycles. The van der Waals surface area contributed by atoms with Crippen LogP contribution >= 0.6 is 0 Å². The minimum absolute atomic E-state index is 0.0704. The fraction of sp³-hybridized carbons (Fsp3) is 0.417. The minimum atomic E-state index is -0.749. The second-order valence-corrected chi connectivity index (χ2v) is 4.18. The summed E-state index contributed by atoms with van der Waals surface area (Å²) in [6.07, 6.45) is 2.46. The van der Waals surface area contributed by atoms with E-state index in [0.29, 0.717) is 18.3 Å². The third-order valence-electron chi connectivity index (χ3n) is 2.71. The lowest BCUT2D eigenvalue weighted by Gasteiger charge is -2.10. The Bertz CT molecular complexity index is 418. The first kappa shape index (κ1) is 11.9. The second-order valence-electron chi connectivity index (χ2n) is 4.18. The molecule has 1 aliphatic rings. The van der Waals surface area contributed by atoms with Gasteiger partial charge in [0, 0.05) is 24.8 Å². The molecule has 0 aromatic heterocycles. The molecule has 4 nitrogen and oxygen atoms in total. The molecule has 0 saturated heterocycles. The molecule has 1 fully saturated rings. The maximum Gasteiger partial charge on any atom is 0.253 e. The standard InChI is InChI=1S/C12H16FN3O/c13-9-2-1-3-10(11(9)12(14)17)16-7-6-15-8-4-5-8/h1-3,8,15-16H,4-7H2,(H2,14,17). The van der Waals surface area contributed by atoms with Crippen molar-refractivity contribution in [2.24, 2.45) is 5.73 Å². The normalized spacial score (nSPS) is 14.6. The molecule has 1 aromatic rings. The molecular weight excluding hydrogens is 221 g/mol. The molecule has 0 aliphatic heterocycles. The lowest BCUT2D eigenvalue weighted by atomic mass is 10.1. The van der Waals surface area contributed by atoms with E-state index in [9.17, 15) is 9.18 Å². The van der Waals surface area contributed by atoms with E-state index in [1.165, 1.54) is 18.9 Å². The number of carbonyl (C=O) groups is 1. The predicted molar refractivity (Wildman–Crippen MR) is 64.4 cm³/mol. The van der Waals surface area contributed by atoms with Gasteiger partial charge in [0.1, 0.15) is 5.82 Å². The van der Waals surface area contributed by atoms with Gasteiger partial charge in [-0.3, -0.25) is 4.79 Å². The van der Waals surface area contributed by atoms with Crippen molar-refractivity contribution in [3.05, 3.63) is 29.6 Å². The summed E-state index contributed by atoms with van der Waals surface area (Å²) in [5.74, 6) is -1.33. The van der Waals surface area contributed by atoms with Gasteiger partial charge >= 0.3 is 0 Å². The monoisotopic (exact) mass is 237 g/mol. The average molecular weight is 237 g/mol. The Balaban J connectivity index is 1.93. The van der Waals surface area contributed by atoms with E-state index < -0.39 is 11.7 Å². The Kier molecular flexibility index (Phi) is 3.58. The molecule has 0 unspecified atom stereocenters. The Morgan fingerprint density at radius 3 is 2.82 bits per heavy atom. The number of carbonyl (C=O) groups excluding carboxylic acids is 1. The van der Waals surface area contributed by atoms with Crippen LogP contribution in [0, 0.1) is 5.82 Å². The molecule has 1 aliphatic carbocycles. The summed E-state index contributed by atoms with van der Waals surface area (Å²) in [7, 11) is 0. The molecule has 5 heteroatoms. The van der Waals surface area contributed by atoms with Crippen LogP contribution in [0.2, 0.25) is 0 Å². The largest absolute Gasteiger partial charge is 0.383 e. The molecule has 1 amide bonds. The molecule has 0 spiro atoms. The van der Waals surface area contributed by atoms with Gasteiger partial charge < -0.3 is 16.4 Å². The van der Waals surface area contributed by atoms with Crippen molar-refractivity contribution in [1.82, 2.24) is 5.32 Å². The molecule has 0 bridgehead atoms. The van der Waals surface area contributed by atoms with Gasteiger partial charge in [-0.1, -0.05) is 6.07 Å². The van der Waals surface area contributed by atoms with Gasteiger partial charge in [0.2, 0.25) is 0 Å². The second kappa shape index (κ2) is 5.14. The van der Waals surface area contributed by atoms with Gasteiger partial charge in [0.05, 0.1) is 5.56 Å². The summed E-state index contributed by atoms with van der Waals surface area (Å²) >= 11 is 0. The highest BCUT2D eigenvalue weighted by Crippen LogP contribution is 2.19. The SMILES string of the molecule is NC(=O)c1c(F)cccc1NCCNC1CC1. The molecule has 0 heterocycles. The summed E-state index contributed by atoms with van der Waals surface area (Å²) in [6, 6.07) is 5.08. The molecule has 17 heavy (non-hydrogen) atoms. The minimum Gasteiger partial charge on any atom is -0.383 e. The van der Waals surface area contributed by atoms with Gasteiger partial charge in [-0.15, -0.1) is 0 Å². The summed E-state index contributed by atoms with van der Waals surface area (Å²) < 4.78 is 13.4. The highest BCUT2D eigenvalue weighted by Gasteiger charge is 2.19. The van der Waals surface area contributed by atoms with Crippen molar-refractivity contribution >= 4 is 11.6 Å². The van der Waals surface area contributed by atoms with Crippen LogP contribution in [0.3, 0.4) is 0 Å².